The molecule has 1 aliphatic heterocycles. The molecule has 1 fully saturated rings. The average Bonchev–Trinajstić information content (AvgIpc) is 2.70. The second-order valence-corrected chi connectivity index (χ2v) is 3.58. The third-order valence-corrected chi connectivity index (χ3v) is 2.71. The van der Waals surface area contributed by atoms with Crippen LogP contribution in [0.4, 0.5) is 4.39 Å². The lowest BCUT2D eigenvalue weighted by molar-refractivity contribution is 0.386. The van der Waals surface area contributed by atoms with Crippen LogP contribution in [0.1, 0.15) is 17.9 Å². The van der Waals surface area contributed by atoms with Crippen LogP contribution in [0.5, 0.6) is 5.75 Å². The van der Waals surface area contributed by atoms with E-state index in [9.17, 15) is 4.39 Å². The standard InChI is InChI=1S/C11H14FNO/c1-14-11-3-2-8(6-10(11)12)9-4-5-13-7-9/h2-3,6,9,13H,4-5,7H2,1H3. The van der Waals surface area contributed by atoms with Crippen molar-refractivity contribution in [1.82, 2.24) is 5.32 Å². The molecule has 1 aliphatic rings. The van der Waals surface area contributed by atoms with Crippen LogP contribution < -0.4 is 10.1 Å². The summed E-state index contributed by atoms with van der Waals surface area (Å²) in [5.41, 5.74) is 1.06. The van der Waals surface area contributed by atoms with E-state index in [1.165, 1.54) is 7.11 Å². The summed E-state index contributed by atoms with van der Waals surface area (Å²) in [6.45, 7) is 1.98. The minimum Gasteiger partial charge on any atom is -0.494 e. The lowest BCUT2D eigenvalue weighted by Gasteiger charge is -2.10. The molecule has 1 unspecified atom stereocenters. The highest BCUT2D eigenvalue weighted by Gasteiger charge is 2.17. The molecule has 1 aromatic rings. The highest BCUT2D eigenvalue weighted by molar-refractivity contribution is 5.31. The molecule has 0 radical (unpaired) electrons. The predicted octanol–water partition coefficient (Wildman–Crippen LogP) is 1.91. The van der Waals surface area contributed by atoms with Crippen LogP contribution in [0, 0.1) is 5.82 Å². The van der Waals surface area contributed by atoms with Gasteiger partial charge in [-0.05, 0) is 36.6 Å². The number of methoxy groups -OCH3 is 1. The maximum Gasteiger partial charge on any atom is 0.165 e. The molecule has 0 aromatic heterocycles. The Morgan fingerprint density at radius 2 is 2.36 bits per heavy atom. The molecule has 0 aliphatic carbocycles. The number of rotatable bonds is 2. The van der Waals surface area contributed by atoms with E-state index < -0.39 is 0 Å². The predicted molar refractivity (Wildman–Crippen MR) is 53.2 cm³/mol. The Hall–Kier alpha value is -1.09. The summed E-state index contributed by atoms with van der Waals surface area (Å²) in [6, 6.07) is 5.22. The van der Waals surface area contributed by atoms with E-state index in [1.54, 1.807) is 12.1 Å². The third kappa shape index (κ3) is 1.73. The zero-order chi connectivity index (χ0) is 9.97. The molecule has 1 saturated heterocycles. The molecule has 76 valence electrons. The third-order valence-electron chi connectivity index (χ3n) is 2.71. The fourth-order valence-corrected chi connectivity index (χ4v) is 1.88. The molecule has 2 nitrogen and oxygen atoms in total. The van der Waals surface area contributed by atoms with Gasteiger partial charge in [0, 0.05) is 6.54 Å². The Bertz CT molecular complexity index is 321. The quantitative estimate of drug-likeness (QED) is 0.778. The zero-order valence-electron chi connectivity index (χ0n) is 8.22. The number of hydrogen-bond acceptors (Lipinski definition) is 2. The van der Waals surface area contributed by atoms with Crippen molar-refractivity contribution in [3.05, 3.63) is 29.6 Å². The van der Waals surface area contributed by atoms with Crippen molar-refractivity contribution in [2.24, 2.45) is 0 Å². The van der Waals surface area contributed by atoms with Gasteiger partial charge in [0.05, 0.1) is 7.11 Å². The van der Waals surface area contributed by atoms with Crippen molar-refractivity contribution in [3.63, 3.8) is 0 Å². The summed E-state index contributed by atoms with van der Waals surface area (Å²) in [4.78, 5) is 0. The highest BCUT2D eigenvalue weighted by Crippen LogP contribution is 2.26. The van der Waals surface area contributed by atoms with Crippen LogP contribution in [-0.2, 0) is 0 Å². The molecule has 1 heterocycles. The molecular formula is C11H14FNO. The van der Waals surface area contributed by atoms with E-state index in [-0.39, 0.29) is 5.82 Å². The van der Waals surface area contributed by atoms with Gasteiger partial charge in [0.15, 0.2) is 11.6 Å². The van der Waals surface area contributed by atoms with Gasteiger partial charge in [-0.1, -0.05) is 6.07 Å². The van der Waals surface area contributed by atoms with Crippen LogP contribution >= 0.6 is 0 Å². The Morgan fingerprint density at radius 3 is 2.93 bits per heavy atom. The van der Waals surface area contributed by atoms with E-state index in [1.807, 2.05) is 6.07 Å². The number of nitrogens with one attached hydrogen (secondary N) is 1. The molecule has 1 N–H and O–H groups in total. The highest BCUT2D eigenvalue weighted by atomic mass is 19.1. The minimum absolute atomic E-state index is 0.267. The molecule has 1 aromatic carbocycles. The molecule has 0 amide bonds. The Kier molecular flexibility index (Phi) is 2.68. The fraction of sp³-hybridized carbons (Fsp3) is 0.455. The molecule has 3 heteroatoms. The van der Waals surface area contributed by atoms with E-state index in [0.717, 1.165) is 25.1 Å². The van der Waals surface area contributed by atoms with E-state index in [2.05, 4.69) is 5.32 Å². The summed E-state index contributed by atoms with van der Waals surface area (Å²) >= 11 is 0. The van der Waals surface area contributed by atoms with Crippen molar-refractivity contribution in [1.29, 1.82) is 0 Å². The first-order chi connectivity index (χ1) is 6.81. The topological polar surface area (TPSA) is 21.3 Å². The van der Waals surface area contributed by atoms with E-state index in [4.69, 9.17) is 4.74 Å². The normalized spacial score (nSPS) is 21.1. The fourth-order valence-electron chi connectivity index (χ4n) is 1.88. The van der Waals surface area contributed by atoms with Gasteiger partial charge in [-0.2, -0.15) is 0 Å². The molecular weight excluding hydrogens is 181 g/mol. The number of hydrogen-bond donors (Lipinski definition) is 1. The van der Waals surface area contributed by atoms with Gasteiger partial charge in [-0.3, -0.25) is 0 Å². The van der Waals surface area contributed by atoms with Crippen molar-refractivity contribution in [2.75, 3.05) is 20.2 Å². The van der Waals surface area contributed by atoms with Crippen LogP contribution in [0.3, 0.4) is 0 Å². The zero-order valence-corrected chi connectivity index (χ0v) is 8.22. The molecule has 2 rings (SSSR count). The molecule has 14 heavy (non-hydrogen) atoms. The van der Waals surface area contributed by atoms with Crippen molar-refractivity contribution >= 4 is 0 Å². The summed E-state index contributed by atoms with van der Waals surface area (Å²) < 4.78 is 18.2. The van der Waals surface area contributed by atoms with Crippen LogP contribution in [0.2, 0.25) is 0 Å². The number of benzene rings is 1. The lowest BCUT2D eigenvalue weighted by Crippen LogP contribution is -2.08. The Morgan fingerprint density at radius 1 is 1.50 bits per heavy atom. The first-order valence-electron chi connectivity index (χ1n) is 4.85. The lowest BCUT2D eigenvalue weighted by atomic mass is 9.98. The van der Waals surface area contributed by atoms with Gasteiger partial charge < -0.3 is 10.1 Å². The van der Waals surface area contributed by atoms with Crippen molar-refractivity contribution in [3.8, 4) is 5.75 Å². The smallest absolute Gasteiger partial charge is 0.165 e. The van der Waals surface area contributed by atoms with Gasteiger partial charge in [-0.25, -0.2) is 4.39 Å². The first kappa shape index (κ1) is 9.46. The first-order valence-corrected chi connectivity index (χ1v) is 4.85. The van der Waals surface area contributed by atoms with Crippen molar-refractivity contribution < 1.29 is 9.13 Å². The van der Waals surface area contributed by atoms with E-state index >= 15 is 0 Å². The van der Waals surface area contributed by atoms with E-state index in [0.29, 0.717) is 11.7 Å². The molecule has 1 atom stereocenters. The van der Waals surface area contributed by atoms with Gasteiger partial charge in [0.2, 0.25) is 0 Å². The largest absolute Gasteiger partial charge is 0.494 e. The van der Waals surface area contributed by atoms with Crippen LogP contribution in [-0.4, -0.2) is 20.2 Å². The summed E-state index contributed by atoms with van der Waals surface area (Å²) in [7, 11) is 1.48. The maximum atomic E-state index is 13.4. The molecule has 0 saturated carbocycles. The van der Waals surface area contributed by atoms with Gasteiger partial charge in [0.1, 0.15) is 0 Å². The van der Waals surface area contributed by atoms with Crippen molar-refractivity contribution in [2.45, 2.75) is 12.3 Å². The maximum absolute atomic E-state index is 13.4. The van der Waals surface area contributed by atoms with Gasteiger partial charge in [0.25, 0.3) is 0 Å². The summed E-state index contributed by atoms with van der Waals surface area (Å²) in [5.74, 6) is 0.506. The average molecular weight is 195 g/mol. The number of halogens is 1. The second kappa shape index (κ2) is 3.96. The SMILES string of the molecule is COc1ccc(C2CCNC2)cc1F. The monoisotopic (exact) mass is 195 g/mol. The molecule has 0 bridgehead atoms. The minimum atomic E-state index is -0.267. The van der Waals surface area contributed by atoms with Gasteiger partial charge in [-0.15, -0.1) is 0 Å². The number of ether oxygens (including phenoxy) is 1. The Labute approximate surface area is 83.1 Å². The summed E-state index contributed by atoms with van der Waals surface area (Å²) in [6.07, 6.45) is 1.09. The molecule has 0 spiro atoms. The van der Waals surface area contributed by atoms with Crippen LogP contribution in [0.25, 0.3) is 0 Å². The second-order valence-electron chi connectivity index (χ2n) is 3.58. The Balaban J connectivity index is 2.23. The van der Waals surface area contributed by atoms with Crippen LogP contribution in [0.15, 0.2) is 18.2 Å². The summed E-state index contributed by atoms with van der Waals surface area (Å²) in [5, 5.41) is 3.27. The van der Waals surface area contributed by atoms with Gasteiger partial charge >= 0.3 is 0 Å².